The van der Waals surface area contributed by atoms with Gasteiger partial charge in [0.15, 0.2) is 0 Å². The Kier molecular flexibility index (Phi) is 6.68. The Hall–Kier alpha value is -3.54. The van der Waals surface area contributed by atoms with Crippen LogP contribution in [0.3, 0.4) is 0 Å². The Morgan fingerprint density at radius 2 is 1.62 bits per heavy atom. The van der Waals surface area contributed by atoms with E-state index in [2.05, 4.69) is 34.4 Å². The highest BCUT2D eigenvalue weighted by Crippen LogP contribution is 2.23. The van der Waals surface area contributed by atoms with Crippen LogP contribution in [0.2, 0.25) is 0 Å². The van der Waals surface area contributed by atoms with Gasteiger partial charge in [-0.1, -0.05) is 38.1 Å². The third-order valence-electron chi connectivity index (χ3n) is 4.65. The van der Waals surface area contributed by atoms with Gasteiger partial charge in [0.25, 0.3) is 11.8 Å². The maximum absolute atomic E-state index is 12.8. The molecule has 148 valence electrons. The van der Waals surface area contributed by atoms with Crippen LogP contribution >= 0.6 is 0 Å². The van der Waals surface area contributed by atoms with Crippen molar-refractivity contribution in [3.8, 4) is 0 Å². The Balaban J connectivity index is 1.74. The van der Waals surface area contributed by atoms with Gasteiger partial charge in [-0.05, 0) is 48.2 Å². The van der Waals surface area contributed by atoms with E-state index in [1.165, 1.54) is 12.3 Å². The maximum atomic E-state index is 12.8. The molecule has 6 heteroatoms. The monoisotopic (exact) mass is 388 g/mol. The Labute approximate surface area is 170 Å². The van der Waals surface area contributed by atoms with Crippen LogP contribution in [0.25, 0.3) is 0 Å². The summed E-state index contributed by atoms with van der Waals surface area (Å²) >= 11 is 0. The average Bonchev–Trinajstić information content (AvgIpc) is 2.78. The van der Waals surface area contributed by atoms with Crippen molar-refractivity contribution in [3.63, 3.8) is 0 Å². The number of aromatic nitrogens is 2. The summed E-state index contributed by atoms with van der Waals surface area (Å²) in [6.45, 7) is 4.41. The van der Waals surface area contributed by atoms with Crippen molar-refractivity contribution >= 4 is 17.5 Å². The third-order valence-corrected chi connectivity index (χ3v) is 4.65. The van der Waals surface area contributed by atoms with Crippen LogP contribution < -0.4 is 10.6 Å². The molecule has 0 fully saturated rings. The van der Waals surface area contributed by atoms with Gasteiger partial charge in [-0.2, -0.15) is 0 Å². The smallest absolute Gasteiger partial charge is 0.270 e. The molecule has 2 amide bonds. The molecule has 0 unspecified atom stereocenters. The highest BCUT2D eigenvalue weighted by atomic mass is 16.2. The van der Waals surface area contributed by atoms with E-state index in [1.54, 1.807) is 12.3 Å². The lowest BCUT2D eigenvalue weighted by Gasteiger charge is -2.14. The Bertz CT molecular complexity index is 981. The molecular formula is C23H24N4O2. The minimum atomic E-state index is -0.353. The molecule has 0 radical (unpaired) electrons. The molecule has 0 aliphatic rings. The first-order chi connectivity index (χ1) is 14.1. The second-order valence-electron chi connectivity index (χ2n) is 6.55. The van der Waals surface area contributed by atoms with E-state index in [-0.39, 0.29) is 17.5 Å². The van der Waals surface area contributed by atoms with Crippen molar-refractivity contribution in [1.29, 1.82) is 0 Å². The number of hydrogen-bond donors (Lipinski definition) is 2. The molecule has 3 aromatic rings. The Morgan fingerprint density at radius 3 is 2.28 bits per heavy atom. The summed E-state index contributed by atoms with van der Waals surface area (Å²) in [6, 6.07) is 14.6. The molecule has 0 aliphatic carbocycles. The van der Waals surface area contributed by atoms with Crippen molar-refractivity contribution in [1.82, 2.24) is 15.3 Å². The fourth-order valence-corrected chi connectivity index (χ4v) is 3.05. The molecule has 0 atom stereocenters. The van der Waals surface area contributed by atoms with Gasteiger partial charge in [-0.25, -0.2) is 0 Å². The highest BCUT2D eigenvalue weighted by molar-refractivity contribution is 6.06. The van der Waals surface area contributed by atoms with Crippen LogP contribution in [-0.2, 0) is 19.4 Å². The zero-order chi connectivity index (χ0) is 20.6. The van der Waals surface area contributed by atoms with Gasteiger partial charge >= 0.3 is 0 Å². The first kappa shape index (κ1) is 20.2. The number of hydrogen-bond acceptors (Lipinski definition) is 4. The molecule has 1 aromatic carbocycles. The van der Waals surface area contributed by atoms with Crippen molar-refractivity contribution < 1.29 is 9.59 Å². The van der Waals surface area contributed by atoms with Crippen LogP contribution in [0.1, 0.15) is 51.5 Å². The number of carbonyl (C=O) groups excluding carboxylic acids is 2. The second kappa shape index (κ2) is 9.59. The van der Waals surface area contributed by atoms with Crippen LogP contribution in [0.5, 0.6) is 0 Å². The molecule has 0 bridgehead atoms. The predicted octanol–water partition coefficient (Wildman–Crippen LogP) is 3.78. The van der Waals surface area contributed by atoms with Crippen molar-refractivity contribution in [2.75, 3.05) is 5.32 Å². The lowest BCUT2D eigenvalue weighted by atomic mass is 10.0. The number of anilines is 1. The van der Waals surface area contributed by atoms with E-state index in [9.17, 15) is 9.59 Å². The van der Waals surface area contributed by atoms with Crippen molar-refractivity contribution in [2.45, 2.75) is 33.2 Å². The molecule has 0 saturated heterocycles. The SMILES string of the molecule is CCc1cccc(CC)c1NC(=O)c1ccnc(C(=O)NCc2ccccn2)c1. The number of amides is 2. The van der Waals surface area contributed by atoms with Crippen LogP contribution in [0, 0.1) is 0 Å². The summed E-state index contributed by atoms with van der Waals surface area (Å²) in [7, 11) is 0. The fraction of sp³-hybridized carbons (Fsp3) is 0.217. The molecule has 0 saturated carbocycles. The maximum Gasteiger partial charge on any atom is 0.270 e. The van der Waals surface area contributed by atoms with E-state index >= 15 is 0 Å². The quantitative estimate of drug-likeness (QED) is 0.645. The standard InChI is InChI=1S/C23H24N4O2/c1-3-16-8-7-9-17(4-2)21(16)27-22(28)18-11-13-25-20(14-18)23(29)26-15-19-10-5-6-12-24-19/h5-14H,3-4,15H2,1-2H3,(H,26,29)(H,27,28). The van der Waals surface area contributed by atoms with Gasteiger partial charge in [0.2, 0.25) is 0 Å². The van der Waals surface area contributed by atoms with Crippen molar-refractivity contribution in [3.05, 3.63) is 89.0 Å². The first-order valence-corrected chi connectivity index (χ1v) is 9.68. The molecule has 0 aliphatic heterocycles. The summed E-state index contributed by atoms with van der Waals surface area (Å²) < 4.78 is 0. The zero-order valence-electron chi connectivity index (χ0n) is 16.6. The Morgan fingerprint density at radius 1 is 0.862 bits per heavy atom. The van der Waals surface area contributed by atoms with Crippen LogP contribution in [-0.4, -0.2) is 21.8 Å². The largest absolute Gasteiger partial charge is 0.345 e. The van der Waals surface area contributed by atoms with Gasteiger partial charge in [-0.15, -0.1) is 0 Å². The number of nitrogens with one attached hydrogen (secondary N) is 2. The second-order valence-corrected chi connectivity index (χ2v) is 6.55. The van der Waals surface area contributed by atoms with E-state index in [0.717, 1.165) is 35.3 Å². The minimum Gasteiger partial charge on any atom is -0.345 e. The van der Waals surface area contributed by atoms with Crippen LogP contribution in [0.15, 0.2) is 60.9 Å². The fourth-order valence-electron chi connectivity index (χ4n) is 3.05. The molecule has 3 rings (SSSR count). The van der Waals surface area contributed by atoms with Crippen LogP contribution in [0.4, 0.5) is 5.69 Å². The number of pyridine rings is 2. The van der Waals surface area contributed by atoms with Gasteiger partial charge < -0.3 is 10.6 Å². The summed E-state index contributed by atoms with van der Waals surface area (Å²) in [4.78, 5) is 33.5. The zero-order valence-corrected chi connectivity index (χ0v) is 16.6. The molecule has 6 nitrogen and oxygen atoms in total. The number of rotatable bonds is 7. The first-order valence-electron chi connectivity index (χ1n) is 9.68. The topological polar surface area (TPSA) is 84.0 Å². The molecule has 2 N–H and O–H groups in total. The number of aryl methyl sites for hydroxylation is 2. The summed E-state index contributed by atoms with van der Waals surface area (Å²) in [5.41, 5.74) is 4.34. The third kappa shape index (κ3) is 5.04. The van der Waals surface area contributed by atoms with E-state index in [0.29, 0.717) is 12.1 Å². The molecule has 0 spiro atoms. The molecule has 2 aromatic heterocycles. The number of carbonyl (C=O) groups is 2. The summed E-state index contributed by atoms with van der Waals surface area (Å²) in [5.74, 6) is -0.615. The number of benzene rings is 1. The normalized spacial score (nSPS) is 10.4. The van der Waals surface area contributed by atoms with E-state index < -0.39 is 0 Å². The molecule has 2 heterocycles. The minimum absolute atomic E-state index is 0.188. The van der Waals surface area contributed by atoms with Gasteiger partial charge in [0.05, 0.1) is 12.2 Å². The number of para-hydroxylation sites is 1. The summed E-state index contributed by atoms with van der Waals surface area (Å²) in [5, 5.41) is 5.78. The average molecular weight is 388 g/mol. The summed E-state index contributed by atoms with van der Waals surface area (Å²) in [6.07, 6.45) is 4.78. The molecule has 29 heavy (non-hydrogen) atoms. The lowest BCUT2D eigenvalue weighted by molar-refractivity contribution is 0.0945. The highest BCUT2D eigenvalue weighted by Gasteiger charge is 2.15. The molecular weight excluding hydrogens is 364 g/mol. The van der Waals surface area contributed by atoms with E-state index in [4.69, 9.17) is 0 Å². The van der Waals surface area contributed by atoms with E-state index in [1.807, 2.05) is 36.4 Å². The van der Waals surface area contributed by atoms with Crippen molar-refractivity contribution in [2.24, 2.45) is 0 Å². The van der Waals surface area contributed by atoms with Gasteiger partial charge in [0, 0.05) is 23.6 Å². The van der Waals surface area contributed by atoms with Gasteiger partial charge in [-0.3, -0.25) is 19.6 Å². The van der Waals surface area contributed by atoms with Gasteiger partial charge in [0.1, 0.15) is 5.69 Å². The lowest BCUT2D eigenvalue weighted by Crippen LogP contribution is -2.25. The predicted molar refractivity (Wildman–Crippen MR) is 113 cm³/mol. The number of nitrogens with zero attached hydrogens (tertiary/aromatic N) is 2.